The molecule has 1 fully saturated rings. The van der Waals surface area contributed by atoms with E-state index in [2.05, 4.69) is 4.90 Å². The molecule has 25 heavy (non-hydrogen) atoms. The third-order valence-electron chi connectivity index (χ3n) is 4.75. The van der Waals surface area contributed by atoms with Crippen molar-refractivity contribution in [2.75, 3.05) is 38.3 Å². The van der Waals surface area contributed by atoms with Crippen molar-refractivity contribution < 1.29 is 9.53 Å². The number of benzene rings is 1. The quantitative estimate of drug-likeness (QED) is 0.662. The molecule has 0 spiro atoms. The Morgan fingerprint density at radius 3 is 2.40 bits per heavy atom. The van der Waals surface area contributed by atoms with Gasteiger partial charge in [0.05, 0.1) is 12.1 Å². The second-order valence-electron chi connectivity index (χ2n) is 6.66. The Hall–Kier alpha value is -0.810. The number of hydrogen-bond acceptors (Lipinski definition) is 3. The van der Waals surface area contributed by atoms with Gasteiger partial charge in [0.15, 0.2) is 0 Å². The zero-order chi connectivity index (χ0) is 17.6. The maximum Gasteiger partial charge on any atom is 0.227 e. The molecular formula is C19H30Cl2N2O2. The van der Waals surface area contributed by atoms with Crippen molar-refractivity contribution in [3.8, 4) is 0 Å². The fourth-order valence-corrected chi connectivity index (χ4v) is 3.82. The number of ether oxygens (including phenoxy) is 1. The average Bonchev–Trinajstić information content (AvgIpc) is 2.58. The van der Waals surface area contributed by atoms with E-state index in [1.807, 2.05) is 49.1 Å². The zero-order valence-corrected chi connectivity index (χ0v) is 17.0. The lowest BCUT2D eigenvalue weighted by Crippen LogP contribution is -2.60. The van der Waals surface area contributed by atoms with Crippen LogP contribution >= 0.6 is 24.0 Å². The van der Waals surface area contributed by atoms with Gasteiger partial charge in [-0.3, -0.25) is 4.79 Å². The molecule has 1 heterocycles. The number of halogens is 2. The van der Waals surface area contributed by atoms with Crippen molar-refractivity contribution in [1.29, 1.82) is 0 Å². The van der Waals surface area contributed by atoms with Crippen molar-refractivity contribution in [2.24, 2.45) is 0 Å². The molecule has 1 aliphatic heterocycles. The van der Waals surface area contributed by atoms with E-state index in [1.165, 1.54) is 0 Å². The predicted molar refractivity (Wildman–Crippen MR) is 107 cm³/mol. The van der Waals surface area contributed by atoms with Gasteiger partial charge in [0.2, 0.25) is 5.91 Å². The van der Waals surface area contributed by atoms with Gasteiger partial charge in [-0.25, -0.2) is 0 Å². The SMILES string of the molecule is CCC(=O)N(c1ccccc1)C1(COC)CCN(CC(C)Cl)CC1.Cl. The average molecular weight is 389 g/mol. The first-order valence-electron chi connectivity index (χ1n) is 8.76. The van der Waals surface area contributed by atoms with E-state index >= 15 is 0 Å². The number of methoxy groups -OCH3 is 1. The van der Waals surface area contributed by atoms with Gasteiger partial charge in [0.25, 0.3) is 0 Å². The summed E-state index contributed by atoms with van der Waals surface area (Å²) in [5.41, 5.74) is 0.676. The van der Waals surface area contributed by atoms with Crippen LogP contribution in [0.4, 0.5) is 5.69 Å². The summed E-state index contributed by atoms with van der Waals surface area (Å²) in [7, 11) is 1.72. The van der Waals surface area contributed by atoms with Crippen LogP contribution in [0.1, 0.15) is 33.1 Å². The topological polar surface area (TPSA) is 32.8 Å². The molecule has 6 heteroatoms. The normalized spacial score (nSPS) is 18.2. The molecule has 142 valence electrons. The zero-order valence-electron chi connectivity index (χ0n) is 15.4. The lowest BCUT2D eigenvalue weighted by Gasteiger charge is -2.48. The molecule has 1 atom stereocenters. The fourth-order valence-electron chi connectivity index (χ4n) is 3.63. The third kappa shape index (κ3) is 5.58. The molecule has 0 aromatic heterocycles. The number of para-hydroxylation sites is 1. The molecule has 0 radical (unpaired) electrons. The molecule has 1 aromatic carbocycles. The van der Waals surface area contributed by atoms with Gasteiger partial charge in [0, 0.05) is 44.2 Å². The summed E-state index contributed by atoms with van der Waals surface area (Å²) >= 11 is 6.14. The van der Waals surface area contributed by atoms with Crippen LogP contribution in [-0.4, -0.2) is 55.1 Å². The number of likely N-dealkylation sites (tertiary alicyclic amines) is 1. The van der Waals surface area contributed by atoms with Gasteiger partial charge in [0.1, 0.15) is 0 Å². The maximum atomic E-state index is 12.8. The van der Waals surface area contributed by atoms with Crippen LogP contribution in [0, 0.1) is 0 Å². The summed E-state index contributed by atoms with van der Waals surface area (Å²) in [6.45, 7) is 7.25. The lowest BCUT2D eigenvalue weighted by molar-refractivity contribution is -0.120. The van der Waals surface area contributed by atoms with Crippen molar-refractivity contribution in [3.63, 3.8) is 0 Å². The van der Waals surface area contributed by atoms with E-state index in [9.17, 15) is 4.79 Å². The molecule has 2 rings (SSSR count). The molecule has 1 unspecified atom stereocenters. The van der Waals surface area contributed by atoms with Crippen LogP contribution in [0.2, 0.25) is 0 Å². The maximum absolute atomic E-state index is 12.8. The van der Waals surface area contributed by atoms with Crippen LogP contribution < -0.4 is 4.90 Å². The van der Waals surface area contributed by atoms with Crippen molar-refractivity contribution >= 4 is 35.6 Å². The summed E-state index contributed by atoms with van der Waals surface area (Å²) in [6, 6.07) is 9.97. The monoisotopic (exact) mass is 388 g/mol. The minimum absolute atomic E-state index is 0. The number of anilines is 1. The molecule has 1 saturated heterocycles. The van der Waals surface area contributed by atoms with E-state index in [-0.39, 0.29) is 29.2 Å². The smallest absolute Gasteiger partial charge is 0.227 e. The van der Waals surface area contributed by atoms with Crippen molar-refractivity contribution in [2.45, 2.75) is 44.0 Å². The van der Waals surface area contributed by atoms with Gasteiger partial charge < -0.3 is 14.5 Å². The number of rotatable bonds is 7. The Bertz CT molecular complexity index is 517. The number of hydrogen-bond donors (Lipinski definition) is 0. The molecule has 4 nitrogen and oxygen atoms in total. The van der Waals surface area contributed by atoms with Crippen LogP contribution in [0.15, 0.2) is 30.3 Å². The van der Waals surface area contributed by atoms with Gasteiger partial charge in [-0.1, -0.05) is 25.1 Å². The number of nitrogens with zero attached hydrogens (tertiary/aromatic N) is 2. The summed E-state index contributed by atoms with van der Waals surface area (Å²) in [5, 5.41) is 0.141. The van der Waals surface area contributed by atoms with Crippen LogP contribution in [0.25, 0.3) is 0 Å². The first kappa shape index (κ1) is 22.2. The molecule has 0 saturated carbocycles. The summed E-state index contributed by atoms with van der Waals surface area (Å²) in [4.78, 5) is 17.2. The highest BCUT2D eigenvalue weighted by molar-refractivity contribution is 6.20. The number of amides is 1. The Kier molecular flexibility index (Phi) is 9.22. The Morgan fingerprint density at radius 1 is 1.32 bits per heavy atom. The third-order valence-corrected chi connectivity index (χ3v) is 4.89. The van der Waals surface area contributed by atoms with Gasteiger partial charge >= 0.3 is 0 Å². The fraction of sp³-hybridized carbons (Fsp3) is 0.632. The van der Waals surface area contributed by atoms with E-state index in [1.54, 1.807) is 7.11 Å². The van der Waals surface area contributed by atoms with Gasteiger partial charge in [-0.2, -0.15) is 0 Å². The minimum atomic E-state index is -0.282. The summed E-state index contributed by atoms with van der Waals surface area (Å²) < 4.78 is 5.56. The van der Waals surface area contributed by atoms with Crippen molar-refractivity contribution in [3.05, 3.63) is 30.3 Å². The number of piperidine rings is 1. The summed E-state index contributed by atoms with van der Waals surface area (Å²) in [5.74, 6) is 0.150. The molecule has 1 aliphatic rings. The highest BCUT2D eigenvalue weighted by Gasteiger charge is 2.42. The second-order valence-corrected chi connectivity index (χ2v) is 7.40. The van der Waals surface area contributed by atoms with Crippen molar-refractivity contribution in [1.82, 2.24) is 4.90 Å². The largest absolute Gasteiger partial charge is 0.382 e. The summed E-state index contributed by atoms with van der Waals surface area (Å²) in [6.07, 6.45) is 2.28. The molecule has 1 amide bonds. The minimum Gasteiger partial charge on any atom is -0.382 e. The number of alkyl halides is 1. The first-order chi connectivity index (χ1) is 11.5. The predicted octanol–water partition coefficient (Wildman–Crippen LogP) is 3.96. The highest BCUT2D eigenvalue weighted by atomic mass is 35.5. The lowest BCUT2D eigenvalue weighted by atomic mass is 9.85. The number of carbonyl (C=O) groups is 1. The molecule has 0 bridgehead atoms. The molecule has 0 N–H and O–H groups in total. The number of carbonyl (C=O) groups excluding carboxylic acids is 1. The van der Waals surface area contributed by atoms with Crippen LogP contribution in [0.3, 0.4) is 0 Å². The Balaban J connectivity index is 0.00000312. The van der Waals surface area contributed by atoms with Gasteiger partial charge in [-0.05, 0) is 31.9 Å². The Labute approximate surface area is 162 Å². The van der Waals surface area contributed by atoms with Gasteiger partial charge in [-0.15, -0.1) is 24.0 Å². The molecule has 0 aliphatic carbocycles. The second kappa shape index (κ2) is 10.4. The van der Waals surface area contributed by atoms with Crippen LogP contribution in [-0.2, 0) is 9.53 Å². The van der Waals surface area contributed by atoms with E-state index in [4.69, 9.17) is 16.3 Å². The van der Waals surface area contributed by atoms with E-state index in [0.717, 1.165) is 38.2 Å². The van der Waals surface area contributed by atoms with E-state index < -0.39 is 0 Å². The molecule has 1 aromatic rings. The standard InChI is InChI=1S/C19H29ClN2O2.ClH/c1-4-18(23)22(17-8-6-5-7-9-17)19(15-24-3)10-12-21(13-11-19)14-16(2)20;/h5-9,16H,4,10-15H2,1-3H3;1H. The molecular weight excluding hydrogens is 359 g/mol. The van der Waals surface area contributed by atoms with Crippen LogP contribution in [0.5, 0.6) is 0 Å². The van der Waals surface area contributed by atoms with E-state index in [0.29, 0.717) is 13.0 Å². The Morgan fingerprint density at radius 2 is 1.92 bits per heavy atom. The highest BCUT2D eigenvalue weighted by Crippen LogP contribution is 2.34. The first-order valence-corrected chi connectivity index (χ1v) is 9.19.